The Morgan fingerprint density at radius 3 is 2.70 bits per heavy atom. The van der Waals surface area contributed by atoms with E-state index in [1.54, 1.807) is 6.20 Å². The average Bonchev–Trinajstić information content (AvgIpc) is 3.46. The van der Waals surface area contributed by atoms with E-state index >= 15 is 0 Å². The first-order chi connectivity index (χ1) is 14.7. The lowest BCUT2D eigenvalue weighted by molar-refractivity contribution is 0.102. The fourth-order valence-corrected chi connectivity index (χ4v) is 4.10. The second kappa shape index (κ2) is 7.63. The van der Waals surface area contributed by atoms with E-state index in [1.165, 1.54) is 0 Å². The van der Waals surface area contributed by atoms with Crippen LogP contribution in [0.4, 0.5) is 5.69 Å². The van der Waals surface area contributed by atoms with Crippen molar-refractivity contribution in [3.05, 3.63) is 95.1 Å². The lowest BCUT2D eigenvalue weighted by Crippen LogP contribution is -2.14. The molecule has 2 aromatic heterocycles. The van der Waals surface area contributed by atoms with Crippen LogP contribution in [0.3, 0.4) is 0 Å². The van der Waals surface area contributed by atoms with Crippen LogP contribution < -0.4 is 5.32 Å². The van der Waals surface area contributed by atoms with E-state index < -0.39 is 0 Å². The van der Waals surface area contributed by atoms with Crippen LogP contribution in [0.25, 0.3) is 5.69 Å². The normalized spacial score (nSPS) is 12.7. The number of nitrogens with one attached hydrogen (secondary N) is 1. The van der Waals surface area contributed by atoms with Gasteiger partial charge in [0.15, 0.2) is 5.69 Å². The number of hydrogen-bond donors (Lipinski definition) is 1. The van der Waals surface area contributed by atoms with Crippen molar-refractivity contribution in [1.29, 1.82) is 0 Å². The van der Waals surface area contributed by atoms with Crippen molar-refractivity contribution < 1.29 is 4.79 Å². The van der Waals surface area contributed by atoms with Gasteiger partial charge in [0.25, 0.3) is 5.91 Å². The Morgan fingerprint density at radius 1 is 1.07 bits per heavy atom. The minimum absolute atomic E-state index is 0.181. The van der Waals surface area contributed by atoms with Crippen LogP contribution in [0, 0.1) is 6.92 Å². The van der Waals surface area contributed by atoms with Gasteiger partial charge in [-0.25, -0.2) is 4.68 Å². The van der Waals surface area contributed by atoms with Crippen LogP contribution in [-0.2, 0) is 19.4 Å². The number of carbonyl (C=O) groups is 1. The summed E-state index contributed by atoms with van der Waals surface area (Å²) in [6, 6.07) is 18.3. The number of fused-ring (bicyclic) bond motifs is 1. The molecule has 6 nitrogen and oxygen atoms in total. The summed E-state index contributed by atoms with van der Waals surface area (Å²) in [7, 11) is 0. The van der Waals surface area contributed by atoms with Gasteiger partial charge in [0.1, 0.15) is 0 Å². The molecule has 1 aliphatic rings. The molecule has 0 fully saturated rings. The summed E-state index contributed by atoms with van der Waals surface area (Å²) in [4.78, 5) is 13.0. The molecule has 0 unspecified atom stereocenters. The van der Waals surface area contributed by atoms with Crippen LogP contribution in [-0.4, -0.2) is 25.5 Å². The number of rotatable bonds is 5. The fraction of sp³-hybridized carbons (Fsp3) is 0.208. The topological polar surface area (TPSA) is 64.7 Å². The monoisotopic (exact) mass is 397 g/mol. The maximum absolute atomic E-state index is 13.0. The summed E-state index contributed by atoms with van der Waals surface area (Å²) < 4.78 is 3.77. The van der Waals surface area contributed by atoms with Crippen LogP contribution >= 0.6 is 0 Å². The largest absolute Gasteiger partial charge is 0.318 e. The second-order valence-corrected chi connectivity index (χ2v) is 7.69. The number of anilines is 1. The van der Waals surface area contributed by atoms with Gasteiger partial charge < -0.3 is 5.32 Å². The predicted octanol–water partition coefficient (Wildman–Crippen LogP) is 4.17. The average molecular weight is 397 g/mol. The van der Waals surface area contributed by atoms with E-state index in [-0.39, 0.29) is 5.91 Å². The molecule has 0 radical (unpaired) electrons. The molecule has 0 saturated heterocycles. The third-order valence-electron chi connectivity index (χ3n) is 5.57. The SMILES string of the molecule is Cc1ccccc1-n1nc(C(=O)Nc2cnn(Cc3ccccc3)c2)c2c1CCC2. The summed E-state index contributed by atoms with van der Waals surface area (Å²) in [5.74, 6) is -0.181. The minimum Gasteiger partial charge on any atom is -0.318 e. The molecule has 30 heavy (non-hydrogen) atoms. The zero-order valence-electron chi connectivity index (χ0n) is 16.9. The van der Waals surface area contributed by atoms with Gasteiger partial charge in [-0.1, -0.05) is 48.5 Å². The van der Waals surface area contributed by atoms with E-state index in [4.69, 9.17) is 5.10 Å². The number of hydrogen-bond acceptors (Lipinski definition) is 3. The van der Waals surface area contributed by atoms with Crippen molar-refractivity contribution in [2.45, 2.75) is 32.7 Å². The molecule has 5 rings (SSSR count). The van der Waals surface area contributed by atoms with E-state index in [0.29, 0.717) is 17.9 Å². The summed E-state index contributed by atoms with van der Waals surface area (Å²) in [5.41, 5.74) is 6.74. The molecule has 6 heteroatoms. The van der Waals surface area contributed by atoms with Crippen molar-refractivity contribution in [2.75, 3.05) is 5.32 Å². The van der Waals surface area contributed by atoms with Gasteiger partial charge in [-0.2, -0.15) is 10.2 Å². The van der Waals surface area contributed by atoms with Crippen molar-refractivity contribution in [1.82, 2.24) is 19.6 Å². The van der Waals surface area contributed by atoms with Crippen LogP contribution in [0.5, 0.6) is 0 Å². The van der Waals surface area contributed by atoms with Crippen molar-refractivity contribution in [2.24, 2.45) is 0 Å². The molecule has 0 atom stereocenters. The van der Waals surface area contributed by atoms with Crippen molar-refractivity contribution in [3.63, 3.8) is 0 Å². The molecule has 0 saturated carbocycles. The van der Waals surface area contributed by atoms with Gasteiger partial charge in [-0.05, 0) is 43.4 Å². The molecular formula is C24H23N5O. The fourth-order valence-electron chi connectivity index (χ4n) is 4.10. The van der Waals surface area contributed by atoms with Gasteiger partial charge in [0, 0.05) is 17.5 Å². The molecular weight excluding hydrogens is 374 g/mol. The molecule has 0 aliphatic heterocycles. The van der Waals surface area contributed by atoms with Crippen molar-refractivity contribution >= 4 is 11.6 Å². The van der Waals surface area contributed by atoms with Gasteiger partial charge in [-0.15, -0.1) is 0 Å². The maximum atomic E-state index is 13.0. The van der Waals surface area contributed by atoms with Gasteiger partial charge >= 0.3 is 0 Å². The zero-order chi connectivity index (χ0) is 20.5. The Kier molecular flexibility index (Phi) is 4.67. The lowest BCUT2D eigenvalue weighted by Gasteiger charge is -2.08. The maximum Gasteiger partial charge on any atom is 0.276 e. The molecule has 2 aromatic carbocycles. The first-order valence-electron chi connectivity index (χ1n) is 10.2. The van der Waals surface area contributed by atoms with Gasteiger partial charge in [-0.3, -0.25) is 9.48 Å². The van der Waals surface area contributed by atoms with E-state index in [0.717, 1.165) is 47.3 Å². The quantitative estimate of drug-likeness (QED) is 0.550. The van der Waals surface area contributed by atoms with Crippen molar-refractivity contribution in [3.8, 4) is 5.69 Å². The molecule has 150 valence electrons. The number of aryl methyl sites for hydroxylation is 1. The van der Waals surface area contributed by atoms with E-state index in [2.05, 4.69) is 41.6 Å². The smallest absolute Gasteiger partial charge is 0.276 e. The molecule has 0 spiro atoms. The first-order valence-corrected chi connectivity index (χ1v) is 10.2. The van der Waals surface area contributed by atoms with Crippen LogP contribution in [0.1, 0.15) is 39.3 Å². The Bertz CT molecular complexity index is 1210. The lowest BCUT2D eigenvalue weighted by atomic mass is 10.2. The first kappa shape index (κ1) is 18.4. The van der Waals surface area contributed by atoms with Crippen LogP contribution in [0.2, 0.25) is 0 Å². The number of amides is 1. The molecule has 1 amide bonds. The third-order valence-corrected chi connectivity index (χ3v) is 5.57. The standard InChI is InChI=1S/C24H23N5O/c1-17-8-5-6-12-21(17)29-22-13-7-11-20(22)23(27-29)24(30)26-19-14-25-28(16-19)15-18-9-3-2-4-10-18/h2-6,8-10,12,14,16H,7,11,13,15H2,1H3,(H,26,30). The number of aromatic nitrogens is 4. The molecule has 1 aliphatic carbocycles. The van der Waals surface area contributed by atoms with Gasteiger partial charge in [0.05, 0.1) is 24.1 Å². The van der Waals surface area contributed by atoms with Gasteiger partial charge in [0.2, 0.25) is 0 Å². The predicted molar refractivity (Wildman–Crippen MR) is 116 cm³/mol. The van der Waals surface area contributed by atoms with E-state index in [9.17, 15) is 4.79 Å². The Balaban J connectivity index is 1.39. The zero-order valence-corrected chi connectivity index (χ0v) is 16.9. The molecule has 2 heterocycles. The summed E-state index contributed by atoms with van der Waals surface area (Å²) in [6.07, 6.45) is 6.41. The van der Waals surface area contributed by atoms with Crippen LogP contribution in [0.15, 0.2) is 67.0 Å². The number of benzene rings is 2. The highest BCUT2D eigenvalue weighted by Gasteiger charge is 2.27. The minimum atomic E-state index is -0.181. The summed E-state index contributed by atoms with van der Waals surface area (Å²) in [6.45, 7) is 2.73. The Morgan fingerprint density at radius 2 is 1.87 bits per heavy atom. The second-order valence-electron chi connectivity index (χ2n) is 7.69. The molecule has 1 N–H and O–H groups in total. The number of nitrogens with zero attached hydrogens (tertiary/aromatic N) is 4. The van der Waals surface area contributed by atoms with E-state index in [1.807, 2.05) is 45.9 Å². The highest BCUT2D eigenvalue weighted by Crippen LogP contribution is 2.29. The molecule has 0 bridgehead atoms. The Labute approximate surface area is 175 Å². The molecule has 4 aromatic rings. The summed E-state index contributed by atoms with van der Waals surface area (Å²) >= 11 is 0. The Hall–Kier alpha value is -3.67. The number of para-hydroxylation sites is 1. The highest BCUT2D eigenvalue weighted by atomic mass is 16.2. The third kappa shape index (κ3) is 3.41. The number of carbonyl (C=O) groups excluding carboxylic acids is 1. The summed E-state index contributed by atoms with van der Waals surface area (Å²) in [5, 5.41) is 12.1. The highest BCUT2D eigenvalue weighted by molar-refractivity contribution is 6.04.